The van der Waals surface area contributed by atoms with Crippen molar-refractivity contribution >= 4 is 23.0 Å². The van der Waals surface area contributed by atoms with Crippen molar-refractivity contribution in [1.29, 1.82) is 0 Å². The number of carbonyl (C=O) groups excluding carboxylic acids is 1. The van der Waals surface area contributed by atoms with E-state index < -0.39 is 33.9 Å². The number of nitro groups is 2. The second kappa shape index (κ2) is 7.34. The summed E-state index contributed by atoms with van der Waals surface area (Å²) in [6.07, 6.45) is 0. The molecule has 2 aromatic carbocycles. The molecule has 9 nitrogen and oxygen atoms in total. The van der Waals surface area contributed by atoms with Gasteiger partial charge in [0.2, 0.25) is 5.75 Å². The lowest BCUT2D eigenvalue weighted by Crippen LogP contribution is -2.21. The Morgan fingerprint density at radius 1 is 1.16 bits per heavy atom. The minimum absolute atomic E-state index is 0.123. The van der Waals surface area contributed by atoms with Crippen molar-refractivity contribution in [2.75, 3.05) is 11.9 Å². The summed E-state index contributed by atoms with van der Waals surface area (Å²) in [5.74, 6) is -1.77. The molecule has 1 amide bonds. The SMILES string of the molecule is Cc1cc([N+](=O)[O-])ccc1NC(=O)COc1cc(F)ccc1[N+](=O)[O-]. The monoisotopic (exact) mass is 349 g/mol. The highest BCUT2D eigenvalue weighted by atomic mass is 19.1. The molecule has 0 saturated carbocycles. The van der Waals surface area contributed by atoms with E-state index >= 15 is 0 Å². The second-order valence-corrected chi connectivity index (χ2v) is 4.96. The maximum atomic E-state index is 13.2. The number of nitrogens with zero attached hydrogens (tertiary/aromatic N) is 2. The number of ether oxygens (including phenoxy) is 1. The van der Waals surface area contributed by atoms with Crippen LogP contribution in [-0.4, -0.2) is 22.4 Å². The molecule has 1 N–H and O–H groups in total. The van der Waals surface area contributed by atoms with Crippen molar-refractivity contribution in [1.82, 2.24) is 0 Å². The van der Waals surface area contributed by atoms with Crippen LogP contribution >= 0.6 is 0 Å². The van der Waals surface area contributed by atoms with Crippen molar-refractivity contribution in [3.05, 3.63) is 68.0 Å². The topological polar surface area (TPSA) is 125 Å². The van der Waals surface area contributed by atoms with Crippen LogP contribution in [0.3, 0.4) is 0 Å². The number of carbonyl (C=O) groups is 1. The molecule has 0 unspecified atom stereocenters. The van der Waals surface area contributed by atoms with E-state index in [-0.39, 0.29) is 11.4 Å². The Bertz CT molecular complexity index is 855. The molecule has 0 aliphatic rings. The van der Waals surface area contributed by atoms with Crippen LogP contribution in [0.25, 0.3) is 0 Å². The Kier molecular flexibility index (Phi) is 5.22. The summed E-state index contributed by atoms with van der Waals surface area (Å²) in [6, 6.07) is 6.52. The van der Waals surface area contributed by atoms with Gasteiger partial charge in [0.05, 0.1) is 9.85 Å². The number of anilines is 1. The van der Waals surface area contributed by atoms with Gasteiger partial charge in [-0.15, -0.1) is 0 Å². The summed E-state index contributed by atoms with van der Waals surface area (Å²) in [7, 11) is 0. The molecule has 2 rings (SSSR count). The molecule has 2 aromatic rings. The predicted octanol–water partition coefficient (Wildman–Crippen LogP) is 2.97. The number of hydrogen-bond donors (Lipinski definition) is 1. The van der Waals surface area contributed by atoms with Crippen molar-refractivity contribution in [3.8, 4) is 5.75 Å². The predicted molar refractivity (Wildman–Crippen MR) is 85.0 cm³/mol. The summed E-state index contributed by atoms with van der Waals surface area (Å²) < 4.78 is 18.2. The lowest BCUT2D eigenvalue weighted by Gasteiger charge is -2.09. The Balaban J connectivity index is 2.06. The van der Waals surface area contributed by atoms with E-state index in [0.29, 0.717) is 11.3 Å². The molecule has 130 valence electrons. The van der Waals surface area contributed by atoms with Gasteiger partial charge in [0.1, 0.15) is 5.82 Å². The average molecular weight is 349 g/mol. The van der Waals surface area contributed by atoms with E-state index in [9.17, 15) is 29.4 Å². The second-order valence-electron chi connectivity index (χ2n) is 4.96. The quantitative estimate of drug-likeness (QED) is 0.631. The third-order valence-electron chi connectivity index (χ3n) is 3.17. The van der Waals surface area contributed by atoms with Crippen LogP contribution in [0.15, 0.2) is 36.4 Å². The highest BCUT2D eigenvalue weighted by Gasteiger charge is 2.17. The van der Waals surface area contributed by atoms with Gasteiger partial charge in [0.15, 0.2) is 6.61 Å². The van der Waals surface area contributed by atoms with Crippen LogP contribution in [0.5, 0.6) is 5.75 Å². The molecule has 0 heterocycles. The van der Waals surface area contributed by atoms with Gasteiger partial charge >= 0.3 is 5.69 Å². The fraction of sp³-hybridized carbons (Fsp3) is 0.133. The molecule has 0 saturated heterocycles. The number of nitrogens with one attached hydrogen (secondary N) is 1. The van der Waals surface area contributed by atoms with Crippen LogP contribution in [0.2, 0.25) is 0 Å². The third-order valence-corrected chi connectivity index (χ3v) is 3.17. The van der Waals surface area contributed by atoms with Crippen molar-refractivity contribution in [2.24, 2.45) is 0 Å². The first-order valence-electron chi connectivity index (χ1n) is 6.89. The minimum Gasteiger partial charge on any atom is -0.477 e. The molecule has 0 atom stereocenters. The normalized spacial score (nSPS) is 10.2. The Labute approximate surface area is 140 Å². The van der Waals surface area contributed by atoms with E-state index in [1.807, 2.05) is 0 Å². The fourth-order valence-electron chi connectivity index (χ4n) is 1.99. The third kappa shape index (κ3) is 4.47. The highest BCUT2D eigenvalue weighted by molar-refractivity contribution is 5.92. The van der Waals surface area contributed by atoms with Gasteiger partial charge in [-0.05, 0) is 24.6 Å². The van der Waals surface area contributed by atoms with Gasteiger partial charge < -0.3 is 10.1 Å². The molecule has 0 aliphatic carbocycles. The molecule has 10 heteroatoms. The first-order chi connectivity index (χ1) is 11.8. The van der Waals surface area contributed by atoms with Crippen LogP contribution in [0, 0.1) is 33.0 Å². The largest absolute Gasteiger partial charge is 0.477 e. The van der Waals surface area contributed by atoms with Gasteiger partial charge in [-0.25, -0.2) is 4.39 Å². The van der Waals surface area contributed by atoms with Gasteiger partial charge in [0, 0.05) is 30.0 Å². The first kappa shape index (κ1) is 17.8. The summed E-state index contributed by atoms with van der Waals surface area (Å²) in [5.41, 5.74) is 0.190. The number of benzene rings is 2. The van der Waals surface area contributed by atoms with Crippen LogP contribution < -0.4 is 10.1 Å². The van der Waals surface area contributed by atoms with E-state index in [0.717, 1.165) is 18.2 Å². The molecule has 0 fully saturated rings. The number of amides is 1. The summed E-state index contributed by atoms with van der Waals surface area (Å²) in [6.45, 7) is 0.974. The minimum atomic E-state index is -0.757. The molecular formula is C15H12FN3O6. The summed E-state index contributed by atoms with van der Waals surface area (Å²) in [4.78, 5) is 32.1. The standard InChI is InChI=1S/C15H12FN3O6/c1-9-6-11(18(21)22)3-4-12(9)17-15(20)8-25-14-7-10(16)2-5-13(14)19(23)24/h2-7H,8H2,1H3,(H,17,20). The molecule has 0 radical (unpaired) electrons. The van der Waals surface area contributed by atoms with E-state index in [2.05, 4.69) is 5.32 Å². The number of nitro benzene ring substituents is 2. The Hall–Kier alpha value is -3.56. The molecule has 0 aromatic heterocycles. The zero-order valence-electron chi connectivity index (χ0n) is 12.9. The molecule has 25 heavy (non-hydrogen) atoms. The summed E-state index contributed by atoms with van der Waals surface area (Å²) in [5, 5.41) is 24.0. The number of rotatable bonds is 6. The highest BCUT2D eigenvalue weighted by Crippen LogP contribution is 2.27. The number of non-ortho nitro benzene ring substituents is 1. The first-order valence-corrected chi connectivity index (χ1v) is 6.89. The zero-order valence-corrected chi connectivity index (χ0v) is 12.9. The van der Waals surface area contributed by atoms with Crippen molar-refractivity contribution in [3.63, 3.8) is 0 Å². The fourth-order valence-corrected chi connectivity index (χ4v) is 1.99. The lowest BCUT2D eigenvalue weighted by molar-refractivity contribution is -0.385. The summed E-state index contributed by atoms with van der Waals surface area (Å²) >= 11 is 0. The number of halogens is 1. The van der Waals surface area contributed by atoms with Gasteiger partial charge in [0.25, 0.3) is 11.6 Å². The lowest BCUT2D eigenvalue weighted by atomic mass is 10.2. The van der Waals surface area contributed by atoms with Crippen LogP contribution in [0.4, 0.5) is 21.5 Å². The van der Waals surface area contributed by atoms with E-state index in [1.54, 1.807) is 6.92 Å². The van der Waals surface area contributed by atoms with E-state index in [1.165, 1.54) is 18.2 Å². The Morgan fingerprint density at radius 3 is 2.48 bits per heavy atom. The van der Waals surface area contributed by atoms with Crippen molar-refractivity contribution in [2.45, 2.75) is 6.92 Å². The molecular weight excluding hydrogens is 337 g/mol. The van der Waals surface area contributed by atoms with Crippen LogP contribution in [-0.2, 0) is 4.79 Å². The van der Waals surface area contributed by atoms with E-state index in [4.69, 9.17) is 4.74 Å². The van der Waals surface area contributed by atoms with Gasteiger partial charge in [-0.3, -0.25) is 25.0 Å². The zero-order chi connectivity index (χ0) is 18.6. The average Bonchev–Trinajstić information content (AvgIpc) is 2.54. The van der Waals surface area contributed by atoms with Gasteiger partial charge in [-0.2, -0.15) is 0 Å². The molecule has 0 spiro atoms. The molecule has 0 bridgehead atoms. The van der Waals surface area contributed by atoms with Gasteiger partial charge in [-0.1, -0.05) is 0 Å². The van der Waals surface area contributed by atoms with Crippen LogP contribution in [0.1, 0.15) is 5.56 Å². The number of aryl methyl sites for hydroxylation is 1. The number of hydrogen-bond acceptors (Lipinski definition) is 6. The maximum absolute atomic E-state index is 13.2. The molecule has 0 aliphatic heterocycles. The maximum Gasteiger partial charge on any atom is 0.311 e. The van der Waals surface area contributed by atoms with Crippen molar-refractivity contribution < 1.29 is 23.8 Å². The Morgan fingerprint density at radius 2 is 1.88 bits per heavy atom. The smallest absolute Gasteiger partial charge is 0.311 e.